The van der Waals surface area contributed by atoms with Crippen molar-refractivity contribution in [1.82, 2.24) is 9.80 Å². The summed E-state index contributed by atoms with van der Waals surface area (Å²) >= 11 is 1.77. The van der Waals surface area contributed by atoms with Gasteiger partial charge in [0.05, 0.1) is 6.54 Å². The smallest absolute Gasteiger partial charge is 0.317 e. The van der Waals surface area contributed by atoms with Crippen molar-refractivity contribution < 1.29 is 9.90 Å². The Morgan fingerprint density at radius 2 is 1.94 bits per heavy atom. The number of aliphatic carboxylic acids is 1. The molecule has 0 saturated carbocycles. The lowest BCUT2D eigenvalue weighted by atomic mass is 10.3. The third-order valence-corrected chi connectivity index (χ3v) is 3.88. The number of rotatable bonds is 8. The second-order valence-electron chi connectivity index (χ2n) is 4.63. The van der Waals surface area contributed by atoms with Crippen LogP contribution in [-0.2, 0) is 17.8 Å². The second-order valence-corrected chi connectivity index (χ2v) is 5.88. The molecule has 1 N–H and O–H groups in total. The number of thiophene rings is 1. The highest BCUT2D eigenvalue weighted by atomic mass is 32.1. The third-order valence-electron chi connectivity index (χ3n) is 2.67. The predicted octanol–water partition coefficient (Wildman–Crippen LogP) is 1.76. The second kappa shape index (κ2) is 7.51. The topological polar surface area (TPSA) is 43.8 Å². The van der Waals surface area contributed by atoms with E-state index in [0.29, 0.717) is 0 Å². The number of carboxylic acids is 1. The molecule has 0 atom stereocenters. The van der Waals surface area contributed by atoms with Crippen molar-refractivity contribution in [2.75, 3.05) is 33.7 Å². The maximum atomic E-state index is 10.9. The minimum Gasteiger partial charge on any atom is -0.480 e. The van der Waals surface area contributed by atoms with E-state index < -0.39 is 5.97 Å². The van der Waals surface area contributed by atoms with Gasteiger partial charge in [-0.3, -0.25) is 9.69 Å². The van der Waals surface area contributed by atoms with Crippen LogP contribution in [0.3, 0.4) is 0 Å². The molecular weight excluding hydrogens is 248 g/mol. The summed E-state index contributed by atoms with van der Waals surface area (Å²) in [5, 5.41) is 8.93. The molecule has 0 fully saturated rings. The number of nitrogens with zero attached hydrogens (tertiary/aromatic N) is 2. The molecule has 0 spiro atoms. The van der Waals surface area contributed by atoms with Crippen LogP contribution in [0.5, 0.6) is 0 Å². The normalized spacial score (nSPS) is 11.4. The van der Waals surface area contributed by atoms with Gasteiger partial charge in [0, 0.05) is 29.4 Å². The molecule has 0 amide bonds. The Morgan fingerprint density at radius 1 is 1.28 bits per heavy atom. The van der Waals surface area contributed by atoms with E-state index in [1.165, 1.54) is 9.75 Å². The Morgan fingerprint density at radius 3 is 2.44 bits per heavy atom. The maximum absolute atomic E-state index is 10.9. The van der Waals surface area contributed by atoms with Gasteiger partial charge in [-0.2, -0.15) is 0 Å². The highest BCUT2D eigenvalue weighted by molar-refractivity contribution is 7.11. The molecule has 1 rings (SSSR count). The highest BCUT2D eigenvalue weighted by Crippen LogP contribution is 2.18. The summed E-state index contributed by atoms with van der Waals surface area (Å²) in [6.07, 6.45) is 1.04. The molecule has 0 aliphatic rings. The zero-order valence-corrected chi connectivity index (χ0v) is 12.2. The van der Waals surface area contributed by atoms with Crippen LogP contribution >= 0.6 is 11.3 Å². The molecule has 0 saturated heterocycles. The minimum absolute atomic E-state index is 0.104. The third kappa shape index (κ3) is 5.62. The largest absolute Gasteiger partial charge is 0.480 e. The van der Waals surface area contributed by atoms with Crippen LogP contribution in [0.4, 0.5) is 0 Å². The fourth-order valence-electron chi connectivity index (χ4n) is 1.66. The number of likely N-dealkylation sites (N-methyl/N-ethyl adjacent to an activating group) is 1. The molecule has 0 bridgehead atoms. The summed E-state index contributed by atoms with van der Waals surface area (Å²) in [4.78, 5) is 17.5. The van der Waals surface area contributed by atoms with E-state index in [9.17, 15) is 4.79 Å². The predicted molar refractivity (Wildman–Crippen MR) is 75.2 cm³/mol. The van der Waals surface area contributed by atoms with Crippen LogP contribution in [0.2, 0.25) is 0 Å². The molecule has 0 unspecified atom stereocenters. The maximum Gasteiger partial charge on any atom is 0.317 e. The van der Waals surface area contributed by atoms with Crippen molar-refractivity contribution >= 4 is 17.3 Å². The molecule has 0 aromatic carbocycles. The Kier molecular flexibility index (Phi) is 6.32. The van der Waals surface area contributed by atoms with Gasteiger partial charge in [-0.25, -0.2) is 0 Å². The van der Waals surface area contributed by atoms with Crippen LogP contribution < -0.4 is 0 Å². The Bertz CT molecular complexity index is 377. The number of aryl methyl sites for hydroxylation is 1. The average molecular weight is 270 g/mol. The van der Waals surface area contributed by atoms with E-state index in [1.54, 1.807) is 11.3 Å². The van der Waals surface area contributed by atoms with Crippen LogP contribution in [0.15, 0.2) is 12.1 Å². The van der Waals surface area contributed by atoms with E-state index in [1.807, 2.05) is 19.0 Å². The lowest BCUT2D eigenvalue weighted by molar-refractivity contribution is -0.138. The number of carboxylic acid groups (broad SMARTS) is 1. The number of hydrogen-bond donors (Lipinski definition) is 1. The van der Waals surface area contributed by atoms with E-state index in [-0.39, 0.29) is 6.54 Å². The van der Waals surface area contributed by atoms with E-state index >= 15 is 0 Å². The molecule has 5 heteroatoms. The number of hydrogen-bond acceptors (Lipinski definition) is 4. The van der Waals surface area contributed by atoms with E-state index in [2.05, 4.69) is 24.0 Å². The SMILES string of the molecule is CCc1ccc(CN(CCN(C)C)CC(=O)O)s1. The van der Waals surface area contributed by atoms with Gasteiger partial charge in [0.25, 0.3) is 0 Å². The van der Waals surface area contributed by atoms with Crippen molar-refractivity contribution in [3.63, 3.8) is 0 Å². The molecule has 0 aliphatic heterocycles. The van der Waals surface area contributed by atoms with Crippen molar-refractivity contribution in [1.29, 1.82) is 0 Å². The zero-order valence-electron chi connectivity index (χ0n) is 11.3. The first-order chi connectivity index (χ1) is 8.51. The summed E-state index contributed by atoms with van der Waals surface area (Å²) in [6, 6.07) is 4.24. The highest BCUT2D eigenvalue weighted by Gasteiger charge is 2.11. The first-order valence-corrected chi connectivity index (χ1v) is 6.99. The fraction of sp³-hybridized carbons (Fsp3) is 0.615. The lowest BCUT2D eigenvalue weighted by Crippen LogP contribution is -2.34. The van der Waals surface area contributed by atoms with Gasteiger partial charge < -0.3 is 10.0 Å². The monoisotopic (exact) mass is 270 g/mol. The first kappa shape index (κ1) is 15.1. The van der Waals surface area contributed by atoms with Gasteiger partial charge in [0.15, 0.2) is 0 Å². The minimum atomic E-state index is -0.763. The van der Waals surface area contributed by atoms with Crippen molar-refractivity contribution in [2.45, 2.75) is 19.9 Å². The molecular formula is C13H22N2O2S. The zero-order chi connectivity index (χ0) is 13.5. The average Bonchev–Trinajstić information content (AvgIpc) is 2.73. The Labute approximate surface area is 113 Å². The Balaban J connectivity index is 2.56. The Hall–Kier alpha value is -0.910. The van der Waals surface area contributed by atoms with Crippen molar-refractivity contribution in [2.24, 2.45) is 0 Å². The van der Waals surface area contributed by atoms with Gasteiger partial charge in [-0.05, 0) is 32.6 Å². The molecule has 102 valence electrons. The van der Waals surface area contributed by atoms with Gasteiger partial charge in [-0.15, -0.1) is 11.3 Å². The van der Waals surface area contributed by atoms with Crippen molar-refractivity contribution in [3.8, 4) is 0 Å². The number of carbonyl (C=O) groups is 1. The summed E-state index contributed by atoms with van der Waals surface area (Å²) in [6.45, 7) is 4.62. The van der Waals surface area contributed by atoms with Crippen molar-refractivity contribution in [3.05, 3.63) is 21.9 Å². The van der Waals surface area contributed by atoms with Gasteiger partial charge >= 0.3 is 5.97 Å². The van der Waals surface area contributed by atoms with Gasteiger partial charge in [0.1, 0.15) is 0 Å². The summed E-state index contributed by atoms with van der Waals surface area (Å²) < 4.78 is 0. The van der Waals surface area contributed by atoms with Crippen LogP contribution in [0, 0.1) is 0 Å². The summed E-state index contributed by atoms with van der Waals surface area (Å²) in [5.74, 6) is -0.763. The fourth-order valence-corrected chi connectivity index (χ4v) is 2.66. The first-order valence-electron chi connectivity index (χ1n) is 6.17. The van der Waals surface area contributed by atoms with Crippen LogP contribution in [0.1, 0.15) is 16.7 Å². The molecule has 1 heterocycles. The van der Waals surface area contributed by atoms with E-state index in [4.69, 9.17) is 5.11 Å². The lowest BCUT2D eigenvalue weighted by Gasteiger charge is -2.21. The van der Waals surface area contributed by atoms with Gasteiger partial charge in [-0.1, -0.05) is 6.92 Å². The quantitative estimate of drug-likeness (QED) is 0.782. The molecule has 0 aliphatic carbocycles. The molecule has 4 nitrogen and oxygen atoms in total. The molecule has 1 aromatic rings. The summed E-state index contributed by atoms with van der Waals surface area (Å²) in [5.41, 5.74) is 0. The van der Waals surface area contributed by atoms with Gasteiger partial charge in [0.2, 0.25) is 0 Å². The molecule has 1 aromatic heterocycles. The van der Waals surface area contributed by atoms with Crippen LogP contribution in [-0.4, -0.2) is 54.6 Å². The molecule has 18 heavy (non-hydrogen) atoms. The standard InChI is InChI=1S/C13H22N2O2S/c1-4-11-5-6-12(18-11)9-15(10-13(16)17)8-7-14(2)3/h5-6H,4,7-10H2,1-3H3,(H,16,17). The van der Waals surface area contributed by atoms with E-state index in [0.717, 1.165) is 26.1 Å². The molecule has 0 radical (unpaired) electrons. The van der Waals surface area contributed by atoms with Crippen LogP contribution in [0.25, 0.3) is 0 Å². The summed E-state index contributed by atoms with van der Waals surface area (Å²) in [7, 11) is 4.00.